The molecule has 0 spiro atoms. The molecule has 0 saturated carbocycles. The van der Waals surface area contributed by atoms with Crippen LogP contribution in [0.25, 0.3) is 0 Å². The number of hydrogen-bond acceptors (Lipinski definition) is 5. The number of benzene rings is 3. The molecule has 3 aliphatic carbocycles. The van der Waals surface area contributed by atoms with E-state index in [-0.39, 0.29) is 17.2 Å². The molecule has 1 aliphatic heterocycles. The molecule has 0 aromatic heterocycles. The van der Waals surface area contributed by atoms with E-state index in [0.717, 1.165) is 27.2 Å². The Morgan fingerprint density at radius 3 is 2.00 bits per heavy atom. The second kappa shape index (κ2) is 6.45. The summed E-state index contributed by atoms with van der Waals surface area (Å²) < 4.78 is 0. The fraction of sp³-hybridized carbons (Fsp3) is 0.192. The fourth-order valence-corrected chi connectivity index (χ4v) is 6.42. The van der Waals surface area contributed by atoms with Gasteiger partial charge in [-0.2, -0.15) is 0 Å². The van der Waals surface area contributed by atoms with E-state index in [1.54, 1.807) is 6.07 Å². The van der Waals surface area contributed by atoms with E-state index in [1.807, 2.05) is 48.5 Å². The Labute approximate surface area is 188 Å². The van der Waals surface area contributed by atoms with Gasteiger partial charge < -0.3 is 0 Å². The van der Waals surface area contributed by atoms with Crippen molar-refractivity contribution in [2.24, 2.45) is 11.8 Å². The van der Waals surface area contributed by atoms with Gasteiger partial charge in [-0.05, 0) is 35.2 Å². The van der Waals surface area contributed by atoms with Crippen LogP contribution in [0.2, 0.25) is 0 Å². The van der Waals surface area contributed by atoms with Crippen LogP contribution in [0.4, 0.5) is 11.4 Å². The zero-order chi connectivity index (χ0) is 23.1. The molecule has 162 valence electrons. The number of carbonyl (C=O) groups is 3. The molecule has 1 saturated heterocycles. The van der Waals surface area contributed by atoms with Gasteiger partial charge in [0, 0.05) is 12.0 Å². The summed E-state index contributed by atoms with van der Waals surface area (Å²) in [7, 11) is 0. The molecular formula is C26H18N2O5. The predicted octanol–water partition coefficient (Wildman–Crippen LogP) is 3.73. The Balaban J connectivity index is 1.67. The molecule has 3 aromatic carbocycles. The highest BCUT2D eigenvalue weighted by Crippen LogP contribution is 2.64. The zero-order valence-corrected chi connectivity index (χ0v) is 17.6. The van der Waals surface area contributed by atoms with Gasteiger partial charge in [-0.1, -0.05) is 60.7 Å². The molecule has 0 unspecified atom stereocenters. The van der Waals surface area contributed by atoms with Crippen LogP contribution in [0.1, 0.15) is 35.1 Å². The predicted molar refractivity (Wildman–Crippen MR) is 119 cm³/mol. The number of hydrogen-bond donors (Lipinski definition) is 0. The monoisotopic (exact) mass is 438 g/mol. The normalized spacial score (nSPS) is 26.6. The van der Waals surface area contributed by atoms with Gasteiger partial charge in [0.1, 0.15) is 11.5 Å². The minimum Gasteiger partial charge on any atom is -0.299 e. The Kier molecular flexibility index (Phi) is 3.82. The maximum atomic E-state index is 14.0. The SMILES string of the molecule is CC(=O)C12c3ccccc3C(c3ccccc31)[C@@H]1C(=O)N(c3ccccc3[N+](=O)[O-])C(=O)[C@@H]12. The first-order valence-electron chi connectivity index (χ1n) is 10.7. The van der Waals surface area contributed by atoms with E-state index in [1.165, 1.54) is 25.1 Å². The molecule has 2 amide bonds. The molecule has 33 heavy (non-hydrogen) atoms. The number of nitro groups is 1. The van der Waals surface area contributed by atoms with Crippen molar-refractivity contribution in [1.29, 1.82) is 0 Å². The van der Waals surface area contributed by atoms with Crippen LogP contribution in [0.3, 0.4) is 0 Å². The standard InChI is InChI=1S/C26H18N2O5/c1-14(29)26-17-10-4-2-8-15(17)21(16-9-3-5-11-18(16)26)22-23(26)25(31)27(24(22)30)19-12-6-7-13-20(19)28(32)33/h2-13,21-23H,1H3/t21?,22-,23+,26?/m0/s1. The van der Waals surface area contributed by atoms with E-state index in [2.05, 4.69) is 0 Å². The molecule has 7 heteroatoms. The highest BCUT2D eigenvalue weighted by atomic mass is 16.6. The number of amides is 2. The van der Waals surface area contributed by atoms with Crippen molar-refractivity contribution in [1.82, 2.24) is 0 Å². The molecule has 3 aromatic rings. The van der Waals surface area contributed by atoms with Gasteiger partial charge in [0.2, 0.25) is 11.8 Å². The highest BCUT2D eigenvalue weighted by Gasteiger charge is 2.70. The lowest BCUT2D eigenvalue weighted by Crippen LogP contribution is -2.57. The number of nitrogens with zero attached hydrogens (tertiary/aromatic N) is 2. The van der Waals surface area contributed by atoms with Gasteiger partial charge >= 0.3 is 0 Å². The quantitative estimate of drug-likeness (QED) is 0.353. The van der Waals surface area contributed by atoms with Gasteiger partial charge in [0.15, 0.2) is 0 Å². The third-order valence-electron chi connectivity index (χ3n) is 7.49. The molecule has 0 N–H and O–H groups in total. The van der Waals surface area contributed by atoms with Crippen molar-refractivity contribution in [2.45, 2.75) is 18.3 Å². The maximum Gasteiger partial charge on any atom is 0.293 e. The number of imide groups is 1. The molecular weight excluding hydrogens is 420 g/mol. The van der Waals surface area contributed by atoms with E-state index >= 15 is 0 Å². The van der Waals surface area contributed by atoms with E-state index < -0.39 is 39.9 Å². The van der Waals surface area contributed by atoms with Crippen molar-refractivity contribution >= 4 is 29.0 Å². The fourth-order valence-electron chi connectivity index (χ4n) is 6.42. The first-order valence-corrected chi connectivity index (χ1v) is 10.7. The largest absolute Gasteiger partial charge is 0.299 e. The number of anilines is 1. The third-order valence-corrected chi connectivity index (χ3v) is 7.49. The second-order valence-electron chi connectivity index (χ2n) is 8.78. The smallest absolute Gasteiger partial charge is 0.293 e. The summed E-state index contributed by atoms with van der Waals surface area (Å²) in [6, 6.07) is 20.7. The van der Waals surface area contributed by atoms with Gasteiger partial charge in [-0.3, -0.25) is 24.5 Å². The first-order chi connectivity index (χ1) is 15.9. The lowest BCUT2D eigenvalue weighted by molar-refractivity contribution is -0.384. The van der Waals surface area contributed by atoms with Crippen molar-refractivity contribution in [2.75, 3.05) is 4.90 Å². The van der Waals surface area contributed by atoms with Crippen molar-refractivity contribution in [3.8, 4) is 0 Å². The average molecular weight is 438 g/mol. The number of Topliss-reactive ketones (excluding diaryl/α,β-unsaturated/α-hetero) is 1. The summed E-state index contributed by atoms with van der Waals surface area (Å²) in [5, 5.41) is 11.7. The molecule has 7 rings (SSSR count). The van der Waals surface area contributed by atoms with Crippen LogP contribution < -0.4 is 4.90 Å². The van der Waals surface area contributed by atoms with E-state index in [9.17, 15) is 24.5 Å². The van der Waals surface area contributed by atoms with Crippen LogP contribution in [-0.4, -0.2) is 22.5 Å². The summed E-state index contributed by atoms with van der Waals surface area (Å²) in [5.41, 5.74) is 1.50. The molecule has 1 fully saturated rings. The summed E-state index contributed by atoms with van der Waals surface area (Å²) in [4.78, 5) is 53.4. The van der Waals surface area contributed by atoms with E-state index in [0.29, 0.717) is 0 Å². The summed E-state index contributed by atoms with van der Waals surface area (Å²) in [6.45, 7) is 1.46. The lowest BCUT2D eigenvalue weighted by Gasteiger charge is -2.52. The number of nitro benzene ring substituents is 1. The van der Waals surface area contributed by atoms with Crippen molar-refractivity contribution in [3.05, 3.63) is 105 Å². The first kappa shape index (κ1) is 19.5. The lowest BCUT2D eigenvalue weighted by atomic mass is 9.46. The topological polar surface area (TPSA) is 97.6 Å². The molecule has 1 heterocycles. The average Bonchev–Trinajstić information content (AvgIpc) is 3.09. The van der Waals surface area contributed by atoms with E-state index in [4.69, 9.17) is 0 Å². The van der Waals surface area contributed by atoms with Gasteiger partial charge in [-0.25, -0.2) is 4.90 Å². The Hall–Kier alpha value is -4.13. The molecule has 0 radical (unpaired) electrons. The number of rotatable bonds is 3. The zero-order valence-electron chi connectivity index (χ0n) is 17.6. The maximum absolute atomic E-state index is 14.0. The molecule has 2 atom stereocenters. The van der Waals surface area contributed by atoms with Crippen LogP contribution in [0.5, 0.6) is 0 Å². The van der Waals surface area contributed by atoms with Crippen LogP contribution in [0.15, 0.2) is 72.8 Å². The summed E-state index contributed by atoms with van der Waals surface area (Å²) in [5.74, 6) is -3.47. The Bertz CT molecular complexity index is 1360. The number of ketones is 1. The van der Waals surface area contributed by atoms with Crippen LogP contribution >= 0.6 is 0 Å². The van der Waals surface area contributed by atoms with Gasteiger partial charge in [-0.15, -0.1) is 0 Å². The molecule has 4 aliphatic rings. The minimum atomic E-state index is -1.32. The summed E-state index contributed by atoms with van der Waals surface area (Å²) in [6.07, 6.45) is 0. The summed E-state index contributed by atoms with van der Waals surface area (Å²) >= 11 is 0. The Morgan fingerprint density at radius 2 is 1.42 bits per heavy atom. The van der Waals surface area contributed by atoms with Crippen molar-refractivity contribution < 1.29 is 19.3 Å². The highest BCUT2D eigenvalue weighted by molar-refractivity contribution is 6.26. The van der Waals surface area contributed by atoms with Crippen LogP contribution in [-0.2, 0) is 19.8 Å². The van der Waals surface area contributed by atoms with Crippen LogP contribution in [0, 0.1) is 22.0 Å². The third kappa shape index (κ3) is 2.16. The molecule has 7 nitrogen and oxygen atoms in total. The molecule has 2 bridgehead atoms. The second-order valence-corrected chi connectivity index (χ2v) is 8.78. The number of carbonyl (C=O) groups excluding carboxylic acids is 3. The number of para-hydroxylation sites is 2. The van der Waals surface area contributed by atoms with Crippen molar-refractivity contribution in [3.63, 3.8) is 0 Å². The van der Waals surface area contributed by atoms with Gasteiger partial charge in [0.05, 0.1) is 22.2 Å². The van der Waals surface area contributed by atoms with Gasteiger partial charge in [0.25, 0.3) is 5.69 Å². The Morgan fingerprint density at radius 1 is 0.879 bits per heavy atom. The minimum absolute atomic E-state index is 0.0573.